The molecule has 1 fully saturated rings. The molecule has 1 aromatic heterocycles. The van der Waals surface area contributed by atoms with Gasteiger partial charge in [0.2, 0.25) is 0 Å². The van der Waals surface area contributed by atoms with Crippen LogP contribution in [-0.4, -0.2) is 18.8 Å². The van der Waals surface area contributed by atoms with Gasteiger partial charge in [-0.25, -0.2) is 0 Å². The van der Waals surface area contributed by atoms with E-state index in [4.69, 9.17) is 9.15 Å². The molecule has 0 saturated carbocycles. The summed E-state index contributed by atoms with van der Waals surface area (Å²) in [6.07, 6.45) is 2.15. The van der Waals surface area contributed by atoms with Gasteiger partial charge in [-0.05, 0) is 54.5 Å². The van der Waals surface area contributed by atoms with Gasteiger partial charge >= 0.3 is 0 Å². The molecule has 1 aromatic rings. The maximum Gasteiger partial charge on any atom is 0.164 e. The molecule has 4 heteroatoms. The van der Waals surface area contributed by atoms with Crippen molar-refractivity contribution in [1.29, 1.82) is 0 Å². The molecule has 0 atom stereocenters. The van der Waals surface area contributed by atoms with Crippen LogP contribution in [0.5, 0.6) is 0 Å². The van der Waals surface area contributed by atoms with Gasteiger partial charge in [-0.2, -0.15) is 0 Å². The van der Waals surface area contributed by atoms with Gasteiger partial charge in [0.25, 0.3) is 0 Å². The third-order valence-corrected chi connectivity index (χ3v) is 3.49. The lowest BCUT2D eigenvalue weighted by Crippen LogP contribution is -2.46. The molecule has 1 aliphatic rings. The van der Waals surface area contributed by atoms with Crippen molar-refractivity contribution in [3.05, 3.63) is 21.7 Å². The van der Waals surface area contributed by atoms with Crippen LogP contribution in [-0.2, 0) is 11.3 Å². The largest absolute Gasteiger partial charge is 0.454 e. The van der Waals surface area contributed by atoms with E-state index < -0.39 is 0 Å². The minimum Gasteiger partial charge on any atom is -0.454 e. The van der Waals surface area contributed by atoms with E-state index in [1.807, 2.05) is 12.1 Å². The van der Waals surface area contributed by atoms with Crippen LogP contribution in [0.1, 0.15) is 25.5 Å². The van der Waals surface area contributed by atoms with E-state index in [1.165, 1.54) is 0 Å². The second-order valence-electron chi connectivity index (χ2n) is 4.23. The van der Waals surface area contributed by atoms with Gasteiger partial charge in [-0.1, -0.05) is 0 Å². The highest BCUT2D eigenvalue weighted by Crippen LogP contribution is 2.20. The molecule has 0 aliphatic carbocycles. The molecule has 84 valence electrons. The van der Waals surface area contributed by atoms with Crippen LogP contribution in [0.4, 0.5) is 0 Å². The molecule has 0 bridgehead atoms. The van der Waals surface area contributed by atoms with Crippen LogP contribution in [0.25, 0.3) is 0 Å². The normalized spacial score (nSPS) is 20.4. The molecule has 3 nitrogen and oxygen atoms in total. The summed E-state index contributed by atoms with van der Waals surface area (Å²) in [4.78, 5) is 0. The average Bonchev–Trinajstić information content (AvgIpc) is 2.63. The quantitative estimate of drug-likeness (QED) is 0.869. The molecule has 2 heterocycles. The summed E-state index contributed by atoms with van der Waals surface area (Å²) >= 11 is 2.18. The van der Waals surface area contributed by atoms with Crippen molar-refractivity contribution in [2.24, 2.45) is 0 Å². The fourth-order valence-corrected chi connectivity index (χ4v) is 2.21. The zero-order valence-corrected chi connectivity index (χ0v) is 11.0. The second kappa shape index (κ2) is 4.84. The number of rotatable bonds is 3. The molecule has 1 N–H and O–H groups in total. The Morgan fingerprint density at radius 1 is 1.40 bits per heavy atom. The molecular weight excluding hydrogens is 305 g/mol. The Kier molecular flexibility index (Phi) is 3.69. The molecule has 0 aromatic carbocycles. The molecule has 0 spiro atoms. The van der Waals surface area contributed by atoms with E-state index in [1.54, 1.807) is 0 Å². The second-order valence-corrected chi connectivity index (χ2v) is 5.30. The Morgan fingerprint density at radius 3 is 2.73 bits per heavy atom. The summed E-state index contributed by atoms with van der Waals surface area (Å²) in [5.74, 6) is 1.01. The smallest absolute Gasteiger partial charge is 0.164 e. The number of furan rings is 1. The van der Waals surface area contributed by atoms with Gasteiger partial charge in [0.15, 0.2) is 3.77 Å². The predicted octanol–water partition coefficient (Wildman–Crippen LogP) is 2.54. The van der Waals surface area contributed by atoms with Crippen LogP contribution in [0, 0.1) is 3.77 Å². The number of ether oxygens (including phenoxy) is 1. The maximum absolute atomic E-state index is 5.51. The SMILES string of the molecule is CC1(NCc2ccc(I)o2)CCOCC1. The summed E-state index contributed by atoms with van der Waals surface area (Å²) in [5.41, 5.74) is 0.205. The van der Waals surface area contributed by atoms with Crippen LogP contribution < -0.4 is 5.32 Å². The monoisotopic (exact) mass is 321 g/mol. The topological polar surface area (TPSA) is 34.4 Å². The Bertz CT molecular complexity index is 318. The van der Waals surface area contributed by atoms with Crippen LogP contribution in [0.15, 0.2) is 16.5 Å². The first kappa shape index (κ1) is 11.4. The van der Waals surface area contributed by atoms with Crippen molar-refractivity contribution in [2.45, 2.75) is 31.8 Å². The highest BCUT2D eigenvalue weighted by molar-refractivity contribution is 14.1. The lowest BCUT2D eigenvalue weighted by atomic mass is 9.92. The third-order valence-electron chi connectivity index (χ3n) is 2.91. The fourth-order valence-electron chi connectivity index (χ4n) is 1.75. The predicted molar refractivity (Wildman–Crippen MR) is 66.7 cm³/mol. The van der Waals surface area contributed by atoms with Crippen molar-refractivity contribution < 1.29 is 9.15 Å². The molecule has 0 amide bonds. The fraction of sp³-hybridized carbons (Fsp3) is 0.636. The first-order valence-corrected chi connectivity index (χ1v) is 6.33. The lowest BCUT2D eigenvalue weighted by Gasteiger charge is -2.34. The van der Waals surface area contributed by atoms with Crippen LogP contribution in [0.3, 0.4) is 0 Å². The Morgan fingerprint density at radius 2 is 2.13 bits per heavy atom. The van der Waals surface area contributed by atoms with E-state index in [0.29, 0.717) is 0 Å². The standard InChI is InChI=1S/C11H16INO2/c1-11(4-6-14-7-5-11)13-8-9-2-3-10(12)15-9/h2-3,13H,4-8H2,1H3. The average molecular weight is 321 g/mol. The summed E-state index contributed by atoms with van der Waals surface area (Å²) in [6.45, 7) is 4.78. The van der Waals surface area contributed by atoms with Gasteiger partial charge in [0, 0.05) is 18.8 Å². The minimum atomic E-state index is 0.205. The zero-order chi connectivity index (χ0) is 10.7. The molecule has 1 aliphatic heterocycles. The van der Waals surface area contributed by atoms with Gasteiger partial charge in [-0.3, -0.25) is 0 Å². The first-order valence-electron chi connectivity index (χ1n) is 5.25. The van der Waals surface area contributed by atoms with Crippen molar-refractivity contribution in [3.8, 4) is 0 Å². The number of nitrogens with one attached hydrogen (secondary N) is 1. The molecule has 1 saturated heterocycles. The summed E-state index contributed by atoms with van der Waals surface area (Å²) < 4.78 is 11.8. The van der Waals surface area contributed by atoms with Gasteiger partial charge in [0.05, 0.1) is 6.54 Å². The van der Waals surface area contributed by atoms with Crippen molar-refractivity contribution in [1.82, 2.24) is 5.32 Å². The Balaban J connectivity index is 1.86. The van der Waals surface area contributed by atoms with Crippen LogP contribution >= 0.6 is 22.6 Å². The molecule has 15 heavy (non-hydrogen) atoms. The zero-order valence-electron chi connectivity index (χ0n) is 8.88. The minimum absolute atomic E-state index is 0.205. The van der Waals surface area contributed by atoms with E-state index in [-0.39, 0.29) is 5.54 Å². The lowest BCUT2D eigenvalue weighted by molar-refractivity contribution is 0.0439. The van der Waals surface area contributed by atoms with Crippen molar-refractivity contribution >= 4 is 22.6 Å². The number of hydrogen-bond donors (Lipinski definition) is 1. The number of halogens is 1. The van der Waals surface area contributed by atoms with Crippen molar-refractivity contribution in [2.75, 3.05) is 13.2 Å². The van der Waals surface area contributed by atoms with Gasteiger partial charge in [0.1, 0.15) is 5.76 Å². The molecule has 2 rings (SSSR count). The molecular formula is C11H16INO2. The molecule has 0 unspecified atom stereocenters. The Labute approximate surface area is 104 Å². The van der Waals surface area contributed by atoms with Crippen molar-refractivity contribution in [3.63, 3.8) is 0 Å². The van der Waals surface area contributed by atoms with E-state index in [0.717, 1.165) is 42.1 Å². The van der Waals surface area contributed by atoms with E-state index in [2.05, 4.69) is 34.8 Å². The third kappa shape index (κ3) is 3.19. The van der Waals surface area contributed by atoms with Gasteiger partial charge in [-0.15, -0.1) is 0 Å². The van der Waals surface area contributed by atoms with E-state index in [9.17, 15) is 0 Å². The Hall–Kier alpha value is -0.0700. The summed E-state index contributed by atoms with van der Waals surface area (Å²) in [6, 6.07) is 4.02. The first-order chi connectivity index (χ1) is 7.18. The summed E-state index contributed by atoms with van der Waals surface area (Å²) in [5, 5.41) is 3.55. The molecule has 0 radical (unpaired) electrons. The van der Waals surface area contributed by atoms with Crippen LogP contribution in [0.2, 0.25) is 0 Å². The number of hydrogen-bond acceptors (Lipinski definition) is 3. The van der Waals surface area contributed by atoms with Gasteiger partial charge < -0.3 is 14.5 Å². The maximum atomic E-state index is 5.51. The summed E-state index contributed by atoms with van der Waals surface area (Å²) in [7, 11) is 0. The highest BCUT2D eigenvalue weighted by atomic mass is 127. The highest BCUT2D eigenvalue weighted by Gasteiger charge is 2.26. The van der Waals surface area contributed by atoms with E-state index >= 15 is 0 Å².